The Bertz CT molecular complexity index is 469. The molecule has 7 heteroatoms. The Labute approximate surface area is 101 Å². The second-order valence-electron chi connectivity index (χ2n) is 4.11. The van der Waals surface area contributed by atoms with Gasteiger partial charge in [0.25, 0.3) is 5.91 Å². The molecule has 0 bridgehead atoms. The zero-order valence-corrected chi connectivity index (χ0v) is 9.73. The Balaban J connectivity index is 2.95. The summed E-state index contributed by atoms with van der Waals surface area (Å²) in [5, 5.41) is 2.03. The van der Waals surface area contributed by atoms with Crippen molar-refractivity contribution in [3.05, 3.63) is 29.6 Å². The molecule has 0 aromatic heterocycles. The zero-order valence-electron chi connectivity index (χ0n) is 9.73. The van der Waals surface area contributed by atoms with E-state index in [9.17, 15) is 22.4 Å². The molecule has 1 unspecified atom stereocenters. The van der Waals surface area contributed by atoms with Crippen LogP contribution >= 0.6 is 0 Å². The second kappa shape index (κ2) is 4.56. The number of amides is 1. The Hall–Kier alpha value is -1.63. The van der Waals surface area contributed by atoms with Crippen molar-refractivity contribution in [2.24, 2.45) is 5.73 Å². The van der Waals surface area contributed by atoms with E-state index in [-0.39, 0.29) is 5.69 Å². The number of nitrogens with two attached hydrogens (primary N) is 1. The Morgan fingerprint density at radius 1 is 1.33 bits per heavy atom. The van der Waals surface area contributed by atoms with Crippen LogP contribution in [0.4, 0.5) is 23.2 Å². The molecule has 3 N–H and O–H groups in total. The molecule has 3 nitrogen and oxygen atoms in total. The van der Waals surface area contributed by atoms with Gasteiger partial charge in [0, 0.05) is 5.69 Å². The van der Waals surface area contributed by atoms with E-state index in [0.29, 0.717) is 12.5 Å². The number of aryl methyl sites for hydroxylation is 1. The molecular formula is C11H12F4N2O. The Morgan fingerprint density at radius 3 is 2.33 bits per heavy atom. The van der Waals surface area contributed by atoms with E-state index >= 15 is 0 Å². The van der Waals surface area contributed by atoms with E-state index < -0.39 is 23.4 Å². The average Bonchev–Trinajstić information content (AvgIpc) is 2.20. The van der Waals surface area contributed by atoms with Crippen LogP contribution in [0.1, 0.15) is 12.5 Å². The first-order valence-electron chi connectivity index (χ1n) is 4.99. The maximum Gasteiger partial charge on any atom is 0.415 e. The molecule has 1 aromatic rings. The maximum absolute atomic E-state index is 12.8. The minimum atomic E-state index is -4.87. The largest absolute Gasteiger partial charge is 0.415 e. The first-order valence-corrected chi connectivity index (χ1v) is 4.99. The SMILES string of the molecule is Cc1cc(F)ccc1NC(=O)C(C)(N)C(F)(F)F. The van der Waals surface area contributed by atoms with Crippen LogP contribution in [0.2, 0.25) is 0 Å². The van der Waals surface area contributed by atoms with Gasteiger partial charge >= 0.3 is 6.18 Å². The van der Waals surface area contributed by atoms with Crippen LogP contribution in [0.3, 0.4) is 0 Å². The third-order valence-corrected chi connectivity index (χ3v) is 2.50. The smallest absolute Gasteiger partial charge is 0.324 e. The second-order valence-corrected chi connectivity index (χ2v) is 4.11. The van der Waals surface area contributed by atoms with Gasteiger partial charge in [-0.25, -0.2) is 4.39 Å². The van der Waals surface area contributed by atoms with Gasteiger partial charge in [-0.2, -0.15) is 13.2 Å². The average molecular weight is 264 g/mol. The van der Waals surface area contributed by atoms with Gasteiger partial charge in [0.05, 0.1) is 0 Å². The summed E-state index contributed by atoms with van der Waals surface area (Å²) >= 11 is 0. The predicted octanol–water partition coefficient (Wildman–Crippen LogP) is 2.35. The van der Waals surface area contributed by atoms with Gasteiger partial charge in [0.2, 0.25) is 0 Å². The van der Waals surface area contributed by atoms with Crippen molar-refractivity contribution in [1.82, 2.24) is 0 Å². The first kappa shape index (κ1) is 14.4. The molecule has 18 heavy (non-hydrogen) atoms. The van der Waals surface area contributed by atoms with Gasteiger partial charge in [-0.1, -0.05) is 0 Å². The lowest BCUT2D eigenvalue weighted by atomic mass is 10.0. The summed E-state index contributed by atoms with van der Waals surface area (Å²) in [4.78, 5) is 11.5. The van der Waals surface area contributed by atoms with Gasteiger partial charge in [0.15, 0.2) is 5.54 Å². The number of hydrogen-bond donors (Lipinski definition) is 2. The zero-order chi connectivity index (χ0) is 14.1. The molecule has 0 fully saturated rings. The van der Waals surface area contributed by atoms with Crippen LogP contribution < -0.4 is 11.1 Å². The minimum absolute atomic E-state index is 0.0855. The number of rotatable bonds is 2. The van der Waals surface area contributed by atoms with Crippen LogP contribution in [-0.4, -0.2) is 17.6 Å². The summed E-state index contributed by atoms with van der Waals surface area (Å²) in [7, 11) is 0. The summed E-state index contributed by atoms with van der Waals surface area (Å²) in [6, 6.07) is 3.30. The van der Waals surface area contributed by atoms with Gasteiger partial charge in [0.1, 0.15) is 5.82 Å². The quantitative estimate of drug-likeness (QED) is 0.806. The van der Waals surface area contributed by atoms with Crippen molar-refractivity contribution in [3.8, 4) is 0 Å². The van der Waals surface area contributed by atoms with Crippen molar-refractivity contribution in [1.29, 1.82) is 0 Å². The van der Waals surface area contributed by atoms with E-state index in [4.69, 9.17) is 5.73 Å². The normalized spacial score (nSPS) is 15.1. The highest BCUT2D eigenvalue weighted by atomic mass is 19.4. The number of carbonyl (C=O) groups excluding carboxylic acids is 1. The number of hydrogen-bond acceptors (Lipinski definition) is 2. The molecule has 1 atom stereocenters. The molecule has 0 aliphatic rings. The first-order chi connectivity index (χ1) is 8.05. The molecule has 1 aromatic carbocycles. The van der Waals surface area contributed by atoms with Crippen LogP contribution in [0.25, 0.3) is 0 Å². The lowest BCUT2D eigenvalue weighted by molar-refractivity contribution is -0.184. The van der Waals surface area contributed by atoms with Crippen LogP contribution in [0, 0.1) is 12.7 Å². The fourth-order valence-electron chi connectivity index (χ4n) is 1.15. The van der Waals surface area contributed by atoms with E-state index in [0.717, 1.165) is 12.1 Å². The highest BCUT2D eigenvalue weighted by Gasteiger charge is 2.54. The molecule has 0 aliphatic carbocycles. The number of benzene rings is 1. The molecule has 100 valence electrons. The van der Waals surface area contributed by atoms with Crippen LogP contribution in [0.5, 0.6) is 0 Å². The van der Waals surface area contributed by atoms with Crippen molar-refractivity contribution in [2.75, 3.05) is 5.32 Å². The highest BCUT2D eigenvalue weighted by Crippen LogP contribution is 2.29. The van der Waals surface area contributed by atoms with Crippen molar-refractivity contribution >= 4 is 11.6 Å². The van der Waals surface area contributed by atoms with Crippen molar-refractivity contribution < 1.29 is 22.4 Å². The van der Waals surface area contributed by atoms with Gasteiger partial charge in [-0.05, 0) is 37.6 Å². The summed E-state index contributed by atoms with van der Waals surface area (Å²) in [6.45, 7) is 2.03. The number of anilines is 1. The third kappa shape index (κ3) is 2.79. The molecule has 0 saturated heterocycles. The summed E-state index contributed by atoms with van der Waals surface area (Å²) in [5.41, 5.74) is 2.34. The van der Waals surface area contributed by atoms with Gasteiger partial charge in [-0.3, -0.25) is 4.79 Å². The Morgan fingerprint density at radius 2 is 1.89 bits per heavy atom. The lowest BCUT2D eigenvalue weighted by Gasteiger charge is -2.26. The summed E-state index contributed by atoms with van der Waals surface area (Å²) < 4.78 is 50.3. The standard InChI is InChI=1S/C11H12F4N2O/c1-6-5-7(12)3-4-8(6)17-9(18)10(2,16)11(13,14)15/h3-5H,16H2,1-2H3,(H,17,18). The predicted molar refractivity (Wildman–Crippen MR) is 58.4 cm³/mol. The van der Waals surface area contributed by atoms with E-state index in [1.807, 2.05) is 5.32 Å². The highest BCUT2D eigenvalue weighted by molar-refractivity contribution is 5.98. The third-order valence-electron chi connectivity index (χ3n) is 2.50. The maximum atomic E-state index is 12.8. The van der Waals surface area contributed by atoms with Gasteiger partial charge < -0.3 is 11.1 Å². The van der Waals surface area contributed by atoms with Crippen molar-refractivity contribution in [2.45, 2.75) is 25.6 Å². The molecule has 0 heterocycles. The van der Waals surface area contributed by atoms with E-state index in [2.05, 4.69) is 0 Å². The fraction of sp³-hybridized carbons (Fsp3) is 0.364. The van der Waals surface area contributed by atoms with E-state index in [1.54, 1.807) is 0 Å². The molecule has 0 spiro atoms. The topological polar surface area (TPSA) is 55.1 Å². The number of carbonyl (C=O) groups is 1. The molecule has 0 saturated carbocycles. The van der Waals surface area contributed by atoms with Crippen LogP contribution in [0.15, 0.2) is 18.2 Å². The molecule has 0 radical (unpaired) electrons. The Kier molecular flexibility index (Phi) is 3.66. The summed E-state index contributed by atoms with van der Waals surface area (Å²) in [5.74, 6) is -1.94. The van der Waals surface area contributed by atoms with Gasteiger partial charge in [-0.15, -0.1) is 0 Å². The molecule has 0 aliphatic heterocycles. The minimum Gasteiger partial charge on any atom is -0.324 e. The van der Waals surface area contributed by atoms with Crippen molar-refractivity contribution in [3.63, 3.8) is 0 Å². The number of alkyl halides is 3. The molecule has 1 rings (SSSR count). The number of halogens is 4. The van der Waals surface area contributed by atoms with E-state index in [1.165, 1.54) is 13.0 Å². The molecule has 1 amide bonds. The lowest BCUT2D eigenvalue weighted by Crippen LogP contribution is -2.59. The fourth-order valence-corrected chi connectivity index (χ4v) is 1.15. The summed E-state index contributed by atoms with van der Waals surface area (Å²) in [6.07, 6.45) is -4.87. The number of nitrogens with one attached hydrogen (secondary N) is 1. The van der Waals surface area contributed by atoms with Crippen LogP contribution in [-0.2, 0) is 4.79 Å². The molecular weight excluding hydrogens is 252 g/mol. The monoisotopic (exact) mass is 264 g/mol.